The standard InChI is InChI=1S/C21H40O4/c1-4-6-15-19(5-2)18-25-21(23)17-14-12-10-8-7-9-11-13-16-20(22)24-3/h19H,4-18H2,1-3H3. The SMILES string of the molecule is CCCCC(CC)COC(=O)CCCCCCCCCCC(=O)OC. The van der Waals surface area contributed by atoms with Crippen molar-refractivity contribution in [3.8, 4) is 0 Å². The molecule has 0 saturated carbocycles. The van der Waals surface area contributed by atoms with Gasteiger partial charge in [0, 0.05) is 12.8 Å². The second kappa shape index (κ2) is 17.8. The Hall–Kier alpha value is -1.06. The van der Waals surface area contributed by atoms with Gasteiger partial charge in [-0.15, -0.1) is 0 Å². The van der Waals surface area contributed by atoms with Crippen molar-refractivity contribution in [3.05, 3.63) is 0 Å². The van der Waals surface area contributed by atoms with E-state index in [2.05, 4.69) is 18.6 Å². The second-order valence-corrected chi connectivity index (χ2v) is 7.00. The fraction of sp³-hybridized carbons (Fsp3) is 0.905. The Morgan fingerprint density at radius 3 is 1.76 bits per heavy atom. The molecule has 4 heteroatoms. The van der Waals surface area contributed by atoms with E-state index in [-0.39, 0.29) is 11.9 Å². The van der Waals surface area contributed by atoms with Crippen LogP contribution in [-0.2, 0) is 19.1 Å². The zero-order valence-corrected chi connectivity index (χ0v) is 16.8. The van der Waals surface area contributed by atoms with E-state index in [1.165, 1.54) is 52.1 Å². The van der Waals surface area contributed by atoms with E-state index in [0.717, 1.165) is 32.1 Å². The molecule has 4 nitrogen and oxygen atoms in total. The molecule has 0 saturated heterocycles. The van der Waals surface area contributed by atoms with Gasteiger partial charge in [-0.2, -0.15) is 0 Å². The number of hydrogen-bond donors (Lipinski definition) is 0. The molecule has 0 spiro atoms. The minimum atomic E-state index is -0.109. The third kappa shape index (κ3) is 16.2. The Morgan fingerprint density at radius 2 is 1.28 bits per heavy atom. The number of carbonyl (C=O) groups excluding carboxylic acids is 2. The van der Waals surface area contributed by atoms with Gasteiger partial charge >= 0.3 is 11.9 Å². The van der Waals surface area contributed by atoms with Crippen molar-refractivity contribution in [2.24, 2.45) is 5.92 Å². The predicted molar refractivity (Wildman–Crippen MR) is 102 cm³/mol. The maximum atomic E-state index is 11.8. The number of esters is 2. The van der Waals surface area contributed by atoms with Gasteiger partial charge in [0.2, 0.25) is 0 Å². The van der Waals surface area contributed by atoms with Gasteiger partial charge in [-0.3, -0.25) is 9.59 Å². The Labute approximate surface area is 155 Å². The van der Waals surface area contributed by atoms with Gasteiger partial charge in [-0.1, -0.05) is 71.6 Å². The van der Waals surface area contributed by atoms with Crippen LogP contribution in [0.5, 0.6) is 0 Å². The average molecular weight is 357 g/mol. The molecule has 0 rings (SSSR count). The normalized spacial score (nSPS) is 12.0. The molecule has 0 radical (unpaired) electrons. The van der Waals surface area contributed by atoms with Crippen LogP contribution in [-0.4, -0.2) is 25.7 Å². The van der Waals surface area contributed by atoms with Crippen molar-refractivity contribution < 1.29 is 19.1 Å². The molecule has 0 aliphatic heterocycles. The van der Waals surface area contributed by atoms with Gasteiger partial charge < -0.3 is 9.47 Å². The summed E-state index contributed by atoms with van der Waals surface area (Å²) in [5.74, 6) is 0.392. The lowest BCUT2D eigenvalue weighted by molar-refractivity contribution is -0.145. The lowest BCUT2D eigenvalue weighted by Gasteiger charge is -2.14. The molecule has 0 aromatic rings. The molecule has 0 fully saturated rings. The molecule has 1 unspecified atom stereocenters. The largest absolute Gasteiger partial charge is 0.469 e. The van der Waals surface area contributed by atoms with Crippen molar-refractivity contribution in [3.63, 3.8) is 0 Å². The molecule has 0 bridgehead atoms. The molecule has 0 aromatic carbocycles. The topological polar surface area (TPSA) is 52.6 Å². The van der Waals surface area contributed by atoms with Crippen molar-refractivity contribution in [1.29, 1.82) is 0 Å². The van der Waals surface area contributed by atoms with Gasteiger partial charge in [0.25, 0.3) is 0 Å². The van der Waals surface area contributed by atoms with Crippen molar-refractivity contribution in [2.45, 2.75) is 104 Å². The van der Waals surface area contributed by atoms with E-state index in [0.29, 0.717) is 25.4 Å². The van der Waals surface area contributed by atoms with Crippen LogP contribution >= 0.6 is 0 Å². The first-order valence-corrected chi connectivity index (χ1v) is 10.4. The Kier molecular flexibility index (Phi) is 17.0. The summed E-state index contributed by atoms with van der Waals surface area (Å²) >= 11 is 0. The summed E-state index contributed by atoms with van der Waals surface area (Å²) in [5, 5.41) is 0. The van der Waals surface area contributed by atoms with E-state index in [1.807, 2.05) is 0 Å². The van der Waals surface area contributed by atoms with E-state index in [9.17, 15) is 9.59 Å². The number of ether oxygens (including phenoxy) is 2. The van der Waals surface area contributed by atoms with Crippen LogP contribution < -0.4 is 0 Å². The fourth-order valence-electron chi connectivity index (χ4n) is 2.88. The summed E-state index contributed by atoms with van der Waals surface area (Å²) in [5.41, 5.74) is 0. The number of rotatable bonds is 17. The van der Waals surface area contributed by atoms with Crippen molar-refractivity contribution in [1.82, 2.24) is 0 Å². The van der Waals surface area contributed by atoms with Crippen LogP contribution in [0.1, 0.15) is 104 Å². The zero-order valence-electron chi connectivity index (χ0n) is 16.8. The zero-order chi connectivity index (χ0) is 18.8. The summed E-state index contributed by atoms with van der Waals surface area (Å²) in [4.78, 5) is 22.7. The smallest absolute Gasteiger partial charge is 0.305 e. The first kappa shape index (κ1) is 23.9. The molecule has 0 aliphatic carbocycles. The van der Waals surface area contributed by atoms with E-state index < -0.39 is 0 Å². The summed E-state index contributed by atoms with van der Waals surface area (Å²) in [7, 11) is 1.44. The molecule has 0 heterocycles. The van der Waals surface area contributed by atoms with Crippen molar-refractivity contribution in [2.75, 3.05) is 13.7 Å². The molecular formula is C21H40O4. The molecule has 25 heavy (non-hydrogen) atoms. The van der Waals surface area contributed by atoms with Crippen LogP contribution in [0.2, 0.25) is 0 Å². The molecule has 0 N–H and O–H groups in total. The maximum absolute atomic E-state index is 11.8. The van der Waals surface area contributed by atoms with Gasteiger partial charge in [0.15, 0.2) is 0 Å². The molecular weight excluding hydrogens is 316 g/mol. The minimum Gasteiger partial charge on any atom is -0.469 e. The highest BCUT2D eigenvalue weighted by atomic mass is 16.5. The Morgan fingerprint density at radius 1 is 0.760 bits per heavy atom. The van der Waals surface area contributed by atoms with Gasteiger partial charge in [-0.05, 0) is 25.2 Å². The Bertz CT molecular complexity index is 328. The number of hydrogen-bond acceptors (Lipinski definition) is 4. The summed E-state index contributed by atoms with van der Waals surface area (Å²) in [6, 6.07) is 0. The minimum absolute atomic E-state index is 0.0299. The number of methoxy groups -OCH3 is 1. The van der Waals surface area contributed by atoms with E-state index in [4.69, 9.17) is 4.74 Å². The molecule has 1 atom stereocenters. The second-order valence-electron chi connectivity index (χ2n) is 7.00. The van der Waals surface area contributed by atoms with Crippen LogP contribution in [0.15, 0.2) is 0 Å². The van der Waals surface area contributed by atoms with Gasteiger partial charge in [-0.25, -0.2) is 0 Å². The highest BCUT2D eigenvalue weighted by Crippen LogP contribution is 2.14. The van der Waals surface area contributed by atoms with Gasteiger partial charge in [0.05, 0.1) is 13.7 Å². The van der Waals surface area contributed by atoms with E-state index in [1.54, 1.807) is 0 Å². The predicted octanol–water partition coefficient (Wildman–Crippen LogP) is 5.82. The lowest BCUT2D eigenvalue weighted by Crippen LogP contribution is -2.13. The highest BCUT2D eigenvalue weighted by Gasteiger charge is 2.09. The molecule has 148 valence electrons. The lowest BCUT2D eigenvalue weighted by atomic mass is 10.0. The van der Waals surface area contributed by atoms with Crippen LogP contribution in [0.4, 0.5) is 0 Å². The first-order valence-electron chi connectivity index (χ1n) is 10.4. The van der Waals surface area contributed by atoms with Crippen LogP contribution in [0.25, 0.3) is 0 Å². The Balaban J connectivity index is 3.38. The quantitative estimate of drug-likeness (QED) is 0.243. The number of unbranched alkanes of at least 4 members (excludes halogenated alkanes) is 8. The summed E-state index contributed by atoms with van der Waals surface area (Å²) < 4.78 is 10.0. The fourth-order valence-corrected chi connectivity index (χ4v) is 2.88. The highest BCUT2D eigenvalue weighted by molar-refractivity contribution is 5.69. The van der Waals surface area contributed by atoms with E-state index >= 15 is 0 Å². The molecule has 0 amide bonds. The first-order chi connectivity index (χ1) is 12.1. The third-order valence-corrected chi connectivity index (χ3v) is 4.76. The maximum Gasteiger partial charge on any atom is 0.305 e. The third-order valence-electron chi connectivity index (χ3n) is 4.76. The van der Waals surface area contributed by atoms with Crippen molar-refractivity contribution >= 4 is 11.9 Å². The average Bonchev–Trinajstić information content (AvgIpc) is 2.63. The monoisotopic (exact) mass is 356 g/mol. The molecule has 0 aliphatic rings. The number of carbonyl (C=O) groups is 2. The van der Waals surface area contributed by atoms with Gasteiger partial charge in [0.1, 0.15) is 0 Å². The summed E-state index contributed by atoms with van der Waals surface area (Å²) in [6.45, 7) is 4.96. The summed E-state index contributed by atoms with van der Waals surface area (Å²) in [6.07, 6.45) is 14.6. The molecule has 0 aromatic heterocycles. The van der Waals surface area contributed by atoms with Crippen LogP contribution in [0.3, 0.4) is 0 Å². The van der Waals surface area contributed by atoms with Crippen LogP contribution in [0, 0.1) is 5.92 Å².